The van der Waals surface area contributed by atoms with E-state index < -0.39 is 17.6 Å². The van der Waals surface area contributed by atoms with Crippen molar-refractivity contribution in [2.45, 2.75) is 6.54 Å². The van der Waals surface area contributed by atoms with Crippen molar-refractivity contribution in [3.05, 3.63) is 39.4 Å². The first-order valence-corrected chi connectivity index (χ1v) is 4.31. The molecular weight excluding hydrogens is 200 g/mol. The molecule has 6 heteroatoms. The van der Waals surface area contributed by atoms with Gasteiger partial charge in [-0.2, -0.15) is 0 Å². The van der Waals surface area contributed by atoms with Gasteiger partial charge in [0.05, 0.1) is 4.92 Å². The van der Waals surface area contributed by atoms with E-state index in [-0.39, 0.29) is 17.8 Å². The van der Waals surface area contributed by atoms with Crippen LogP contribution in [0.1, 0.15) is 15.9 Å². The number of carbonyl (C=O) groups is 1. The third-order valence-corrected chi connectivity index (χ3v) is 2.36. The molecule has 0 atom stereocenters. The van der Waals surface area contributed by atoms with Crippen molar-refractivity contribution in [3.8, 4) is 0 Å². The van der Waals surface area contributed by atoms with Crippen molar-refractivity contribution < 1.29 is 14.8 Å². The number of hydrogen-bond acceptors (Lipinski definition) is 4. The molecule has 0 saturated carbocycles. The van der Waals surface area contributed by atoms with Gasteiger partial charge in [0.25, 0.3) is 11.6 Å². The molecule has 1 heterocycles. The molecule has 1 amide bonds. The standard InChI is InChI=1S/C9H8N2O4/c12-5-10-4-6-2-1-3-7(11(14)15)8(6)9(10)13/h1-3,12H,4-5H2. The van der Waals surface area contributed by atoms with E-state index in [1.54, 1.807) is 6.07 Å². The Morgan fingerprint density at radius 3 is 2.87 bits per heavy atom. The molecular formula is C9H8N2O4. The van der Waals surface area contributed by atoms with Gasteiger partial charge in [0.1, 0.15) is 12.3 Å². The summed E-state index contributed by atoms with van der Waals surface area (Å²) >= 11 is 0. The summed E-state index contributed by atoms with van der Waals surface area (Å²) in [4.78, 5) is 22.9. The van der Waals surface area contributed by atoms with Gasteiger partial charge in [0.2, 0.25) is 0 Å². The van der Waals surface area contributed by atoms with Gasteiger partial charge in [0, 0.05) is 12.6 Å². The summed E-state index contributed by atoms with van der Waals surface area (Å²) in [5.41, 5.74) is 0.480. The Morgan fingerprint density at radius 2 is 2.27 bits per heavy atom. The van der Waals surface area contributed by atoms with Crippen molar-refractivity contribution in [1.29, 1.82) is 0 Å². The maximum Gasteiger partial charge on any atom is 0.282 e. The van der Waals surface area contributed by atoms with Crippen LogP contribution in [-0.2, 0) is 6.54 Å². The van der Waals surface area contributed by atoms with Crippen LogP contribution in [0, 0.1) is 10.1 Å². The number of fused-ring (bicyclic) bond motifs is 1. The molecule has 0 aliphatic carbocycles. The molecule has 78 valence electrons. The highest BCUT2D eigenvalue weighted by atomic mass is 16.6. The minimum atomic E-state index is -0.586. The quantitative estimate of drug-likeness (QED) is 0.566. The monoisotopic (exact) mass is 208 g/mol. The number of nitro benzene ring substituents is 1. The van der Waals surface area contributed by atoms with Gasteiger partial charge in [0.15, 0.2) is 0 Å². The van der Waals surface area contributed by atoms with Crippen LogP contribution in [0.4, 0.5) is 5.69 Å². The lowest BCUT2D eigenvalue weighted by molar-refractivity contribution is -0.385. The maximum atomic E-state index is 11.6. The van der Waals surface area contributed by atoms with E-state index in [2.05, 4.69) is 0 Å². The molecule has 0 unspecified atom stereocenters. The third kappa shape index (κ3) is 1.35. The summed E-state index contributed by atoms with van der Waals surface area (Å²) in [6, 6.07) is 4.47. The Morgan fingerprint density at radius 1 is 1.53 bits per heavy atom. The highest BCUT2D eigenvalue weighted by molar-refractivity contribution is 6.02. The van der Waals surface area contributed by atoms with Crippen LogP contribution in [0.2, 0.25) is 0 Å². The van der Waals surface area contributed by atoms with Crippen LogP contribution in [0.25, 0.3) is 0 Å². The molecule has 1 aliphatic rings. The van der Waals surface area contributed by atoms with Crippen molar-refractivity contribution in [1.82, 2.24) is 4.90 Å². The number of carbonyl (C=O) groups excluding carboxylic acids is 1. The Labute approximate surface area is 84.9 Å². The number of hydrogen-bond donors (Lipinski definition) is 1. The first-order chi connectivity index (χ1) is 7.15. The van der Waals surface area contributed by atoms with Gasteiger partial charge < -0.3 is 10.0 Å². The molecule has 0 spiro atoms. The summed E-state index contributed by atoms with van der Waals surface area (Å²) < 4.78 is 0. The Bertz CT molecular complexity index is 444. The smallest absolute Gasteiger partial charge is 0.282 e. The zero-order valence-corrected chi connectivity index (χ0v) is 7.71. The molecule has 6 nitrogen and oxygen atoms in total. The normalized spacial score (nSPS) is 14.2. The minimum Gasteiger partial charge on any atom is -0.376 e. The van der Waals surface area contributed by atoms with E-state index in [1.807, 2.05) is 0 Å². The van der Waals surface area contributed by atoms with E-state index in [1.165, 1.54) is 12.1 Å². The molecule has 1 N–H and O–H groups in total. The lowest BCUT2D eigenvalue weighted by atomic mass is 10.1. The minimum absolute atomic E-state index is 0.0940. The average molecular weight is 208 g/mol. The van der Waals surface area contributed by atoms with E-state index in [4.69, 9.17) is 5.11 Å². The van der Waals surface area contributed by atoms with Gasteiger partial charge in [-0.25, -0.2) is 0 Å². The number of amides is 1. The highest BCUT2D eigenvalue weighted by Crippen LogP contribution is 2.29. The summed E-state index contributed by atoms with van der Waals surface area (Å²) in [6.07, 6.45) is 0. The zero-order valence-electron chi connectivity index (χ0n) is 7.71. The SMILES string of the molecule is O=C1c2c(cccc2[N+](=O)[O-])CN1CO. The molecule has 2 rings (SSSR count). The molecule has 0 saturated heterocycles. The highest BCUT2D eigenvalue weighted by Gasteiger charge is 2.33. The van der Waals surface area contributed by atoms with Crippen molar-refractivity contribution >= 4 is 11.6 Å². The second-order valence-corrected chi connectivity index (χ2v) is 3.21. The van der Waals surface area contributed by atoms with E-state index in [0.29, 0.717) is 5.56 Å². The fourth-order valence-corrected chi connectivity index (χ4v) is 1.67. The predicted molar refractivity (Wildman–Crippen MR) is 50.1 cm³/mol. The number of aliphatic hydroxyl groups excluding tert-OH is 1. The van der Waals surface area contributed by atoms with E-state index >= 15 is 0 Å². The fraction of sp³-hybridized carbons (Fsp3) is 0.222. The van der Waals surface area contributed by atoms with Crippen LogP contribution in [-0.4, -0.2) is 27.6 Å². The lowest BCUT2D eigenvalue weighted by Crippen LogP contribution is -2.24. The third-order valence-electron chi connectivity index (χ3n) is 2.36. The molecule has 0 aromatic heterocycles. The van der Waals surface area contributed by atoms with Gasteiger partial charge in [-0.3, -0.25) is 14.9 Å². The Balaban J connectivity index is 2.55. The van der Waals surface area contributed by atoms with Crippen LogP contribution in [0.15, 0.2) is 18.2 Å². The summed E-state index contributed by atoms with van der Waals surface area (Å²) in [5, 5.41) is 19.5. The molecule has 1 aromatic rings. The Kier molecular flexibility index (Phi) is 2.12. The van der Waals surface area contributed by atoms with Crippen molar-refractivity contribution in [2.24, 2.45) is 0 Å². The zero-order chi connectivity index (χ0) is 11.0. The topological polar surface area (TPSA) is 83.7 Å². The second kappa shape index (κ2) is 3.32. The number of aliphatic hydroxyl groups is 1. The van der Waals surface area contributed by atoms with Gasteiger partial charge in [-0.15, -0.1) is 0 Å². The average Bonchev–Trinajstić information content (AvgIpc) is 2.55. The Hall–Kier alpha value is -1.95. The maximum absolute atomic E-state index is 11.6. The molecule has 0 radical (unpaired) electrons. The first kappa shape index (κ1) is 9.60. The number of nitrogens with zero attached hydrogens (tertiary/aromatic N) is 2. The lowest BCUT2D eigenvalue weighted by Gasteiger charge is -2.09. The van der Waals surface area contributed by atoms with E-state index in [0.717, 1.165) is 4.90 Å². The predicted octanol–water partition coefficient (Wildman–Crippen LogP) is 0.500. The second-order valence-electron chi connectivity index (χ2n) is 3.21. The van der Waals surface area contributed by atoms with Crippen molar-refractivity contribution in [2.75, 3.05) is 6.73 Å². The molecule has 1 aromatic carbocycles. The van der Waals surface area contributed by atoms with E-state index in [9.17, 15) is 14.9 Å². The van der Waals surface area contributed by atoms with Gasteiger partial charge in [-0.05, 0) is 5.56 Å². The van der Waals surface area contributed by atoms with Gasteiger partial charge in [-0.1, -0.05) is 12.1 Å². The summed E-state index contributed by atoms with van der Waals surface area (Å²) in [5.74, 6) is -0.486. The van der Waals surface area contributed by atoms with Gasteiger partial charge >= 0.3 is 0 Å². The number of rotatable bonds is 2. The summed E-state index contributed by atoms with van der Waals surface area (Å²) in [7, 11) is 0. The van der Waals surface area contributed by atoms with Crippen molar-refractivity contribution in [3.63, 3.8) is 0 Å². The van der Waals surface area contributed by atoms with Crippen LogP contribution in [0.5, 0.6) is 0 Å². The van der Waals surface area contributed by atoms with Crippen LogP contribution in [0.3, 0.4) is 0 Å². The van der Waals surface area contributed by atoms with Crippen LogP contribution < -0.4 is 0 Å². The summed E-state index contributed by atoms with van der Waals surface area (Å²) in [6.45, 7) is -0.197. The molecule has 1 aliphatic heterocycles. The number of benzene rings is 1. The number of nitro groups is 1. The first-order valence-electron chi connectivity index (χ1n) is 4.31. The van der Waals surface area contributed by atoms with Crippen LogP contribution >= 0.6 is 0 Å². The fourth-order valence-electron chi connectivity index (χ4n) is 1.67. The molecule has 15 heavy (non-hydrogen) atoms. The molecule has 0 bridgehead atoms. The molecule has 0 fully saturated rings. The largest absolute Gasteiger partial charge is 0.376 e.